The van der Waals surface area contributed by atoms with Crippen molar-refractivity contribution in [2.24, 2.45) is 11.7 Å². The van der Waals surface area contributed by atoms with Crippen molar-refractivity contribution in [3.05, 3.63) is 0 Å². The first-order chi connectivity index (χ1) is 7.76. The van der Waals surface area contributed by atoms with Crippen LogP contribution in [-0.4, -0.2) is 54.6 Å². The number of piperazine rings is 1. The van der Waals surface area contributed by atoms with Crippen LogP contribution in [0.2, 0.25) is 0 Å². The highest BCUT2D eigenvalue weighted by Gasteiger charge is 2.35. The molecule has 2 fully saturated rings. The van der Waals surface area contributed by atoms with Crippen LogP contribution in [0.1, 0.15) is 33.1 Å². The van der Waals surface area contributed by atoms with Crippen molar-refractivity contribution in [3.63, 3.8) is 0 Å². The van der Waals surface area contributed by atoms with Crippen molar-refractivity contribution in [1.82, 2.24) is 9.80 Å². The van der Waals surface area contributed by atoms with Gasteiger partial charge in [-0.25, -0.2) is 0 Å². The molecule has 2 rings (SSSR count). The lowest BCUT2D eigenvalue weighted by Gasteiger charge is -2.41. The largest absolute Gasteiger partial charge is 0.329 e. The Bertz CT molecular complexity index is 207. The average Bonchev–Trinajstić information content (AvgIpc) is 3.14. The zero-order chi connectivity index (χ0) is 11.5. The second kappa shape index (κ2) is 5.48. The van der Waals surface area contributed by atoms with Crippen LogP contribution >= 0.6 is 0 Å². The third kappa shape index (κ3) is 2.76. The van der Waals surface area contributed by atoms with Gasteiger partial charge in [-0.3, -0.25) is 9.80 Å². The summed E-state index contributed by atoms with van der Waals surface area (Å²) in [5.74, 6) is 0.917. The lowest BCUT2D eigenvalue weighted by Crippen LogP contribution is -2.54. The van der Waals surface area contributed by atoms with Crippen molar-refractivity contribution >= 4 is 0 Å². The number of hydrogen-bond donors (Lipinski definition) is 1. The molecule has 3 heteroatoms. The van der Waals surface area contributed by atoms with E-state index < -0.39 is 0 Å². The Labute approximate surface area is 100.0 Å². The summed E-state index contributed by atoms with van der Waals surface area (Å²) in [6.45, 7) is 10.4. The Balaban J connectivity index is 1.79. The van der Waals surface area contributed by atoms with Gasteiger partial charge in [-0.05, 0) is 32.1 Å². The second-order valence-corrected chi connectivity index (χ2v) is 5.47. The molecule has 16 heavy (non-hydrogen) atoms. The van der Waals surface area contributed by atoms with E-state index in [1.807, 2.05) is 0 Å². The fourth-order valence-corrected chi connectivity index (χ4v) is 2.89. The van der Waals surface area contributed by atoms with Gasteiger partial charge < -0.3 is 5.73 Å². The number of rotatable bonds is 5. The lowest BCUT2D eigenvalue weighted by molar-refractivity contribution is 0.0678. The van der Waals surface area contributed by atoms with Gasteiger partial charge in [0.25, 0.3) is 0 Å². The maximum atomic E-state index is 5.91. The van der Waals surface area contributed by atoms with Crippen LogP contribution in [0.25, 0.3) is 0 Å². The third-order valence-electron chi connectivity index (χ3n) is 4.44. The van der Waals surface area contributed by atoms with Gasteiger partial charge in [-0.15, -0.1) is 0 Å². The summed E-state index contributed by atoms with van der Waals surface area (Å²) < 4.78 is 0. The zero-order valence-corrected chi connectivity index (χ0v) is 10.9. The maximum Gasteiger partial charge on any atom is 0.0247 e. The molecule has 1 aliphatic carbocycles. The Morgan fingerprint density at radius 1 is 1.12 bits per heavy atom. The Kier molecular flexibility index (Phi) is 4.22. The first-order valence-electron chi connectivity index (χ1n) is 6.94. The van der Waals surface area contributed by atoms with Gasteiger partial charge >= 0.3 is 0 Å². The number of nitrogens with two attached hydrogens (primary N) is 1. The topological polar surface area (TPSA) is 32.5 Å². The molecule has 2 aliphatic rings. The highest BCUT2D eigenvalue weighted by atomic mass is 15.3. The fourth-order valence-electron chi connectivity index (χ4n) is 2.89. The fraction of sp³-hybridized carbons (Fsp3) is 1.00. The summed E-state index contributed by atoms with van der Waals surface area (Å²) >= 11 is 0. The van der Waals surface area contributed by atoms with E-state index in [9.17, 15) is 0 Å². The molecule has 1 saturated heterocycles. The van der Waals surface area contributed by atoms with Crippen LogP contribution < -0.4 is 5.73 Å². The minimum Gasteiger partial charge on any atom is -0.329 e. The van der Waals surface area contributed by atoms with Crippen molar-refractivity contribution in [1.29, 1.82) is 0 Å². The van der Waals surface area contributed by atoms with Gasteiger partial charge in [-0.1, -0.05) is 6.92 Å². The lowest BCUT2D eigenvalue weighted by atomic mass is 10.1. The monoisotopic (exact) mass is 225 g/mol. The van der Waals surface area contributed by atoms with Gasteiger partial charge in [0, 0.05) is 44.8 Å². The smallest absolute Gasteiger partial charge is 0.0247 e. The van der Waals surface area contributed by atoms with Crippen molar-refractivity contribution in [3.8, 4) is 0 Å². The maximum absolute atomic E-state index is 5.91. The Morgan fingerprint density at radius 2 is 1.69 bits per heavy atom. The van der Waals surface area contributed by atoms with E-state index in [4.69, 9.17) is 5.73 Å². The quantitative estimate of drug-likeness (QED) is 0.761. The minimum absolute atomic E-state index is 0.680. The molecular formula is C13H27N3. The molecule has 0 aromatic rings. The predicted octanol–water partition coefficient (Wildman–Crippen LogP) is 1.14. The number of hydrogen-bond acceptors (Lipinski definition) is 3. The Morgan fingerprint density at radius 3 is 2.12 bits per heavy atom. The van der Waals surface area contributed by atoms with E-state index >= 15 is 0 Å². The first-order valence-corrected chi connectivity index (χ1v) is 6.94. The molecule has 2 atom stereocenters. The third-order valence-corrected chi connectivity index (χ3v) is 4.44. The van der Waals surface area contributed by atoms with Crippen molar-refractivity contribution in [2.45, 2.75) is 45.2 Å². The second-order valence-electron chi connectivity index (χ2n) is 5.47. The normalized spacial score (nSPS) is 27.9. The van der Waals surface area contributed by atoms with Gasteiger partial charge in [0.05, 0.1) is 0 Å². The van der Waals surface area contributed by atoms with Gasteiger partial charge in [0.2, 0.25) is 0 Å². The highest BCUT2D eigenvalue weighted by molar-refractivity contribution is 4.91. The molecule has 3 nitrogen and oxygen atoms in total. The van der Waals surface area contributed by atoms with Gasteiger partial charge in [-0.2, -0.15) is 0 Å². The molecule has 1 saturated carbocycles. The van der Waals surface area contributed by atoms with Crippen LogP contribution in [0, 0.1) is 5.92 Å². The summed E-state index contributed by atoms with van der Waals surface area (Å²) in [5.41, 5.74) is 5.91. The van der Waals surface area contributed by atoms with Crippen LogP contribution in [0.3, 0.4) is 0 Å². The van der Waals surface area contributed by atoms with Crippen LogP contribution in [-0.2, 0) is 0 Å². The van der Waals surface area contributed by atoms with Gasteiger partial charge in [0.1, 0.15) is 0 Å². The van der Waals surface area contributed by atoms with E-state index in [1.165, 1.54) is 45.4 Å². The first kappa shape index (κ1) is 12.3. The summed E-state index contributed by atoms with van der Waals surface area (Å²) in [7, 11) is 0. The highest BCUT2D eigenvalue weighted by Crippen LogP contribution is 2.35. The molecule has 2 unspecified atom stereocenters. The van der Waals surface area contributed by atoms with Crippen molar-refractivity contribution in [2.75, 3.05) is 32.7 Å². The van der Waals surface area contributed by atoms with Crippen LogP contribution in [0.5, 0.6) is 0 Å². The molecule has 0 radical (unpaired) electrons. The molecule has 94 valence electrons. The predicted molar refractivity (Wildman–Crippen MR) is 68.5 cm³/mol. The van der Waals surface area contributed by atoms with E-state index in [0.29, 0.717) is 6.04 Å². The molecule has 2 N–H and O–H groups in total. The SMILES string of the molecule is CCC(C)N1CCN(C(CN)C2CC2)CC1. The average molecular weight is 225 g/mol. The molecule has 0 aromatic heterocycles. The molecule has 0 spiro atoms. The summed E-state index contributed by atoms with van der Waals surface area (Å²) in [6.07, 6.45) is 4.09. The minimum atomic E-state index is 0.680. The molecular weight excluding hydrogens is 198 g/mol. The molecule has 1 heterocycles. The van der Waals surface area contributed by atoms with E-state index in [1.54, 1.807) is 0 Å². The molecule has 1 aliphatic heterocycles. The zero-order valence-electron chi connectivity index (χ0n) is 10.9. The summed E-state index contributed by atoms with van der Waals surface area (Å²) in [6, 6.07) is 1.43. The van der Waals surface area contributed by atoms with Crippen LogP contribution in [0.4, 0.5) is 0 Å². The molecule has 0 aromatic carbocycles. The van der Waals surface area contributed by atoms with Gasteiger partial charge in [0.15, 0.2) is 0 Å². The molecule has 0 amide bonds. The summed E-state index contributed by atoms with van der Waals surface area (Å²) in [4.78, 5) is 5.26. The van der Waals surface area contributed by atoms with E-state index in [2.05, 4.69) is 23.6 Å². The van der Waals surface area contributed by atoms with Crippen LogP contribution in [0.15, 0.2) is 0 Å². The van der Waals surface area contributed by atoms with Crippen molar-refractivity contribution < 1.29 is 0 Å². The van der Waals surface area contributed by atoms with E-state index in [0.717, 1.165) is 18.5 Å². The molecule has 0 bridgehead atoms. The van der Waals surface area contributed by atoms with E-state index in [-0.39, 0.29) is 0 Å². The summed E-state index contributed by atoms with van der Waals surface area (Å²) in [5, 5.41) is 0. The Hall–Kier alpha value is -0.120. The number of nitrogens with zero attached hydrogens (tertiary/aromatic N) is 2. The standard InChI is InChI=1S/C13H27N3/c1-3-11(2)15-6-8-16(9-7-15)13(10-14)12-4-5-12/h11-13H,3-10,14H2,1-2H3.